The van der Waals surface area contributed by atoms with Gasteiger partial charge in [-0.05, 0) is 31.0 Å². The number of sulfonamides is 1. The average Bonchev–Trinajstić information content (AvgIpc) is 3.25. The molecule has 0 radical (unpaired) electrons. The van der Waals surface area contributed by atoms with Gasteiger partial charge in [-0.2, -0.15) is 0 Å². The molecule has 21 heavy (non-hydrogen) atoms. The first-order valence-corrected chi connectivity index (χ1v) is 8.33. The van der Waals surface area contributed by atoms with E-state index in [1.54, 1.807) is 36.5 Å². The second-order valence-electron chi connectivity index (χ2n) is 5.27. The van der Waals surface area contributed by atoms with Crippen LogP contribution in [0, 0.1) is 0 Å². The number of aromatic nitrogens is 1. The number of aliphatic hydroxyl groups is 1. The minimum Gasteiger partial charge on any atom is -0.390 e. The summed E-state index contributed by atoms with van der Waals surface area (Å²) in [5.41, 5.74) is 1.26. The van der Waals surface area contributed by atoms with Gasteiger partial charge in [-0.25, -0.2) is 8.42 Å². The zero-order chi connectivity index (χ0) is 15.0. The Balaban J connectivity index is 1.98. The van der Waals surface area contributed by atoms with E-state index in [4.69, 9.17) is 0 Å². The summed E-state index contributed by atoms with van der Waals surface area (Å²) in [7, 11) is -2.07. The molecule has 0 aliphatic heterocycles. The number of aliphatic hydroxyl groups excluding tert-OH is 1. The van der Waals surface area contributed by atoms with Gasteiger partial charge in [0, 0.05) is 25.0 Å². The molecule has 0 atom stereocenters. The number of hydrogen-bond acceptors (Lipinski definition) is 3. The van der Waals surface area contributed by atoms with Crippen LogP contribution in [-0.2, 0) is 16.6 Å². The third kappa shape index (κ3) is 2.56. The van der Waals surface area contributed by atoms with Gasteiger partial charge in [0.25, 0.3) is 10.0 Å². The Morgan fingerprint density at radius 1 is 1.29 bits per heavy atom. The SMILES string of the molecule is CN(c1ccccc1)S(=O)(=O)c1cc(CO)n(C2CC2)c1. The van der Waals surface area contributed by atoms with Crippen molar-refractivity contribution in [3.63, 3.8) is 0 Å². The van der Waals surface area contributed by atoms with Crippen molar-refractivity contribution >= 4 is 15.7 Å². The molecule has 1 aromatic carbocycles. The standard InChI is InChI=1S/C15H18N2O3S/c1-16(12-5-3-2-4-6-12)21(19,20)15-9-14(11-18)17(10-15)13-7-8-13/h2-6,9-10,13,18H,7-8,11H2,1H3. The van der Waals surface area contributed by atoms with Gasteiger partial charge in [0.05, 0.1) is 12.3 Å². The first kappa shape index (κ1) is 14.2. The van der Waals surface area contributed by atoms with Crippen molar-refractivity contribution in [2.75, 3.05) is 11.4 Å². The molecule has 1 aliphatic rings. The number of rotatable bonds is 5. The molecule has 0 unspecified atom stereocenters. The molecule has 1 aromatic heterocycles. The molecule has 5 nitrogen and oxygen atoms in total. The number of anilines is 1. The summed E-state index contributed by atoms with van der Waals surface area (Å²) >= 11 is 0. The highest BCUT2D eigenvalue weighted by Crippen LogP contribution is 2.37. The van der Waals surface area contributed by atoms with E-state index in [1.807, 2.05) is 10.6 Å². The van der Waals surface area contributed by atoms with Gasteiger partial charge in [-0.15, -0.1) is 0 Å². The topological polar surface area (TPSA) is 62.5 Å². The molecule has 1 saturated carbocycles. The Kier molecular flexibility index (Phi) is 3.51. The molecular formula is C15H18N2O3S. The van der Waals surface area contributed by atoms with E-state index in [-0.39, 0.29) is 11.5 Å². The Labute approximate surface area is 124 Å². The lowest BCUT2D eigenvalue weighted by Crippen LogP contribution is -2.26. The summed E-state index contributed by atoms with van der Waals surface area (Å²) in [5.74, 6) is 0. The van der Waals surface area contributed by atoms with Crippen LogP contribution in [-0.4, -0.2) is 25.1 Å². The van der Waals surface area contributed by atoms with Gasteiger partial charge < -0.3 is 9.67 Å². The first-order valence-electron chi connectivity index (χ1n) is 6.89. The van der Waals surface area contributed by atoms with Crippen molar-refractivity contribution in [2.45, 2.75) is 30.4 Å². The largest absolute Gasteiger partial charge is 0.390 e. The third-order valence-corrected chi connectivity index (χ3v) is 5.54. The molecular weight excluding hydrogens is 288 g/mol. The average molecular weight is 306 g/mol. The van der Waals surface area contributed by atoms with E-state index < -0.39 is 10.0 Å². The van der Waals surface area contributed by atoms with Crippen molar-refractivity contribution < 1.29 is 13.5 Å². The van der Waals surface area contributed by atoms with Crippen LogP contribution in [0.2, 0.25) is 0 Å². The van der Waals surface area contributed by atoms with Gasteiger partial charge in [0.15, 0.2) is 0 Å². The number of nitrogens with zero attached hydrogens (tertiary/aromatic N) is 2. The van der Waals surface area contributed by atoms with E-state index >= 15 is 0 Å². The lowest BCUT2D eigenvalue weighted by Gasteiger charge is -2.18. The van der Waals surface area contributed by atoms with Crippen LogP contribution in [0.4, 0.5) is 5.69 Å². The fourth-order valence-electron chi connectivity index (χ4n) is 2.39. The zero-order valence-electron chi connectivity index (χ0n) is 11.8. The van der Waals surface area contributed by atoms with Crippen molar-refractivity contribution in [2.24, 2.45) is 0 Å². The predicted octanol–water partition coefficient (Wildman–Crippen LogP) is 2.14. The normalized spacial score (nSPS) is 15.1. The molecule has 112 valence electrons. The maximum Gasteiger partial charge on any atom is 0.265 e. The van der Waals surface area contributed by atoms with E-state index in [1.165, 1.54) is 11.4 Å². The quantitative estimate of drug-likeness (QED) is 0.920. The molecule has 0 bridgehead atoms. The van der Waals surface area contributed by atoms with Crippen molar-refractivity contribution in [3.8, 4) is 0 Å². The third-order valence-electron chi connectivity index (χ3n) is 3.79. The lowest BCUT2D eigenvalue weighted by atomic mass is 10.3. The second-order valence-corrected chi connectivity index (χ2v) is 7.24. The smallest absolute Gasteiger partial charge is 0.265 e. The van der Waals surface area contributed by atoms with Crippen LogP contribution in [0.3, 0.4) is 0 Å². The maximum atomic E-state index is 12.7. The van der Waals surface area contributed by atoms with Crippen LogP contribution >= 0.6 is 0 Å². The van der Waals surface area contributed by atoms with Gasteiger partial charge in [0.1, 0.15) is 4.90 Å². The van der Waals surface area contributed by atoms with Crippen LogP contribution in [0.25, 0.3) is 0 Å². The molecule has 0 spiro atoms. The van der Waals surface area contributed by atoms with E-state index in [2.05, 4.69) is 0 Å². The Hall–Kier alpha value is -1.79. The monoisotopic (exact) mass is 306 g/mol. The van der Waals surface area contributed by atoms with Gasteiger partial charge in [0.2, 0.25) is 0 Å². The predicted molar refractivity (Wildman–Crippen MR) is 80.7 cm³/mol. The molecule has 1 heterocycles. The number of hydrogen-bond donors (Lipinski definition) is 1. The van der Waals surface area contributed by atoms with Crippen molar-refractivity contribution in [1.29, 1.82) is 0 Å². The van der Waals surface area contributed by atoms with Gasteiger partial charge in [-0.1, -0.05) is 18.2 Å². The summed E-state index contributed by atoms with van der Waals surface area (Å²) in [6, 6.07) is 10.8. The molecule has 1 N–H and O–H groups in total. The van der Waals surface area contributed by atoms with Gasteiger partial charge in [-0.3, -0.25) is 4.31 Å². The van der Waals surface area contributed by atoms with Crippen molar-refractivity contribution in [1.82, 2.24) is 4.57 Å². The summed E-state index contributed by atoms with van der Waals surface area (Å²) in [6.45, 7) is -0.152. The molecule has 1 aliphatic carbocycles. The molecule has 0 amide bonds. The van der Waals surface area contributed by atoms with E-state index in [9.17, 15) is 13.5 Å². The highest BCUT2D eigenvalue weighted by atomic mass is 32.2. The minimum absolute atomic E-state index is 0.152. The number of para-hydroxylation sites is 1. The summed E-state index contributed by atoms with van der Waals surface area (Å²) in [6.07, 6.45) is 3.71. The highest BCUT2D eigenvalue weighted by molar-refractivity contribution is 7.92. The lowest BCUT2D eigenvalue weighted by molar-refractivity contribution is 0.270. The van der Waals surface area contributed by atoms with Crippen LogP contribution in [0.15, 0.2) is 47.5 Å². The molecule has 6 heteroatoms. The summed E-state index contributed by atoms with van der Waals surface area (Å²) < 4.78 is 28.5. The van der Waals surface area contributed by atoms with E-state index in [0.29, 0.717) is 17.4 Å². The van der Waals surface area contributed by atoms with Crippen LogP contribution < -0.4 is 4.31 Å². The summed E-state index contributed by atoms with van der Waals surface area (Å²) in [4.78, 5) is 0.227. The first-order chi connectivity index (χ1) is 10.0. The van der Waals surface area contributed by atoms with Gasteiger partial charge >= 0.3 is 0 Å². The second kappa shape index (κ2) is 5.20. The fourth-order valence-corrected chi connectivity index (χ4v) is 3.64. The molecule has 1 fully saturated rings. The van der Waals surface area contributed by atoms with Crippen molar-refractivity contribution in [3.05, 3.63) is 48.3 Å². The number of benzene rings is 1. The Morgan fingerprint density at radius 2 is 1.95 bits per heavy atom. The Morgan fingerprint density at radius 3 is 2.52 bits per heavy atom. The molecule has 2 aromatic rings. The van der Waals surface area contributed by atoms with Crippen LogP contribution in [0.5, 0.6) is 0 Å². The van der Waals surface area contributed by atoms with Crippen LogP contribution in [0.1, 0.15) is 24.6 Å². The molecule has 0 saturated heterocycles. The summed E-state index contributed by atoms with van der Waals surface area (Å²) in [5, 5.41) is 9.40. The minimum atomic E-state index is -3.61. The Bertz CT molecular complexity index is 734. The molecule has 3 rings (SSSR count). The van der Waals surface area contributed by atoms with E-state index in [0.717, 1.165) is 12.8 Å². The zero-order valence-corrected chi connectivity index (χ0v) is 12.6. The highest BCUT2D eigenvalue weighted by Gasteiger charge is 2.29. The fraction of sp³-hybridized carbons (Fsp3) is 0.333. The maximum absolute atomic E-state index is 12.7.